The van der Waals surface area contributed by atoms with E-state index in [0.717, 1.165) is 19.5 Å². The van der Waals surface area contributed by atoms with Gasteiger partial charge in [0, 0.05) is 26.1 Å². The van der Waals surface area contributed by atoms with Crippen LogP contribution < -0.4 is 5.73 Å². The number of carbonyl (C=O) groups is 2. The number of aliphatic carboxylic acids is 1. The van der Waals surface area contributed by atoms with Gasteiger partial charge in [-0.15, -0.1) is 0 Å². The lowest BCUT2D eigenvalue weighted by Gasteiger charge is -2.11. The Kier molecular flexibility index (Phi) is 5.22. The Bertz CT molecular complexity index is 268. The molecule has 16 heavy (non-hydrogen) atoms. The van der Waals surface area contributed by atoms with E-state index in [-0.39, 0.29) is 11.9 Å². The molecule has 0 radical (unpaired) electrons. The van der Waals surface area contributed by atoms with E-state index in [9.17, 15) is 18.0 Å². The molecule has 1 fully saturated rings. The van der Waals surface area contributed by atoms with Crippen molar-refractivity contribution in [2.45, 2.75) is 25.6 Å². The van der Waals surface area contributed by atoms with E-state index in [1.54, 1.807) is 11.8 Å². The number of carbonyl (C=O) groups excluding carboxylic acids is 1. The molecule has 1 rings (SSSR count). The van der Waals surface area contributed by atoms with Crippen LogP contribution in [0.4, 0.5) is 13.2 Å². The second-order valence-electron chi connectivity index (χ2n) is 3.32. The number of likely N-dealkylation sites (tertiary alicyclic amines) is 1. The summed E-state index contributed by atoms with van der Waals surface area (Å²) in [6.07, 6.45) is -4.13. The standard InChI is InChI=1S/C6H12N2O.C2HF3O2/c1-5(9)8-3-2-6(7)4-8;3-2(4,5)1(6)7/h6H,2-4,7H2,1H3;(H,6,7)/t6-;/m0./s1. The Balaban J connectivity index is 0.000000293. The smallest absolute Gasteiger partial charge is 0.475 e. The van der Waals surface area contributed by atoms with E-state index in [2.05, 4.69) is 0 Å². The van der Waals surface area contributed by atoms with E-state index < -0.39 is 12.1 Å². The maximum Gasteiger partial charge on any atom is 0.490 e. The minimum absolute atomic E-state index is 0.142. The molecule has 0 aromatic heterocycles. The first kappa shape index (κ1) is 14.7. The van der Waals surface area contributed by atoms with Gasteiger partial charge >= 0.3 is 12.1 Å². The molecule has 1 aliphatic rings. The zero-order chi connectivity index (χ0) is 12.9. The van der Waals surface area contributed by atoms with Gasteiger partial charge in [-0.3, -0.25) is 4.79 Å². The number of nitrogens with two attached hydrogens (primary N) is 1. The fourth-order valence-electron chi connectivity index (χ4n) is 1.07. The highest BCUT2D eigenvalue weighted by atomic mass is 19.4. The summed E-state index contributed by atoms with van der Waals surface area (Å²) in [6.45, 7) is 3.17. The quantitative estimate of drug-likeness (QED) is 0.635. The van der Waals surface area contributed by atoms with E-state index in [0.29, 0.717) is 0 Å². The highest BCUT2D eigenvalue weighted by Gasteiger charge is 2.38. The molecular formula is C8H13F3N2O3. The van der Waals surface area contributed by atoms with Crippen LogP contribution in [0.15, 0.2) is 0 Å². The Morgan fingerprint density at radius 3 is 2.00 bits per heavy atom. The summed E-state index contributed by atoms with van der Waals surface area (Å²) >= 11 is 0. The van der Waals surface area contributed by atoms with Gasteiger partial charge in [-0.25, -0.2) is 4.79 Å². The molecule has 0 unspecified atom stereocenters. The predicted octanol–water partition coefficient (Wildman–Crippen LogP) is 0.199. The molecule has 0 saturated carbocycles. The van der Waals surface area contributed by atoms with E-state index in [4.69, 9.17) is 15.6 Å². The fourth-order valence-corrected chi connectivity index (χ4v) is 1.07. The molecule has 3 N–H and O–H groups in total. The summed E-state index contributed by atoms with van der Waals surface area (Å²) in [5.41, 5.74) is 5.57. The zero-order valence-corrected chi connectivity index (χ0v) is 8.62. The van der Waals surface area contributed by atoms with E-state index >= 15 is 0 Å². The fraction of sp³-hybridized carbons (Fsp3) is 0.750. The first-order valence-corrected chi connectivity index (χ1v) is 4.45. The number of amides is 1. The zero-order valence-electron chi connectivity index (χ0n) is 8.62. The number of rotatable bonds is 0. The lowest BCUT2D eigenvalue weighted by Crippen LogP contribution is -2.29. The van der Waals surface area contributed by atoms with Gasteiger partial charge in [0.1, 0.15) is 0 Å². The van der Waals surface area contributed by atoms with E-state index in [1.165, 1.54) is 0 Å². The van der Waals surface area contributed by atoms with Crippen LogP contribution in [-0.2, 0) is 9.59 Å². The number of carboxylic acids is 1. The Hall–Kier alpha value is -1.31. The third-order valence-corrected chi connectivity index (χ3v) is 1.91. The van der Waals surface area contributed by atoms with Crippen molar-refractivity contribution in [2.24, 2.45) is 5.73 Å². The summed E-state index contributed by atoms with van der Waals surface area (Å²) < 4.78 is 31.7. The number of carboxylic acid groups (broad SMARTS) is 1. The highest BCUT2D eigenvalue weighted by molar-refractivity contribution is 5.73. The molecule has 0 aromatic carbocycles. The van der Waals surface area contributed by atoms with Crippen molar-refractivity contribution < 1.29 is 27.9 Å². The molecule has 0 bridgehead atoms. The van der Waals surface area contributed by atoms with Crippen LogP contribution in [-0.4, -0.2) is 47.2 Å². The van der Waals surface area contributed by atoms with Crippen molar-refractivity contribution in [1.82, 2.24) is 4.90 Å². The van der Waals surface area contributed by atoms with Crippen molar-refractivity contribution >= 4 is 11.9 Å². The molecule has 1 saturated heterocycles. The maximum absolute atomic E-state index is 10.7. The van der Waals surface area contributed by atoms with Crippen molar-refractivity contribution in [1.29, 1.82) is 0 Å². The highest BCUT2D eigenvalue weighted by Crippen LogP contribution is 2.13. The molecule has 1 amide bonds. The normalized spacial score (nSPS) is 20.1. The van der Waals surface area contributed by atoms with Gasteiger partial charge in [0.25, 0.3) is 0 Å². The maximum atomic E-state index is 10.7. The van der Waals surface area contributed by atoms with Crippen LogP contribution in [0.5, 0.6) is 0 Å². The molecule has 0 spiro atoms. The van der Waals surface area contributed by atoms with Gasteiger partial charge in [-0.05, 0) is 6.42 Å². The van der Waals surface area contributed by atoms with Gasteiger partial charge in [-0.1, -0.05) is 0 Å². The van der Waals surface area contributed by atoms with Gasteiger partial charge in [0.15, 0.2) is 0 Å². The summed E-state index contributed by atoms with van der Waals surface area (Å²) in [5.74, 6) is -2.62. The van der Waals surface area contributed by atoms with Gasteiger partial charge < -0.3 is 15.7 Å². The Labute approximate surface area is 90.0 Å². The largest absolute Gasteiger partial charge is 0.490 e. The molecule has 1 atom stereocenters. The second kappa shape index (κ2) is 5.69. The minimum atomic E-state index is -5.08. The van der Waals surface area contributed by atoms with Gasteiger partial charge in [0.05, 0.1) is 0 Å². The van der Waals surface area contributed by atoms with Crippen LogP contribution in [0.2, 0.25) is 0 Å². The van der Waals surface area contributed by atoms with Crippen LogP contribution in [0.25, 0.3) is 0 Å². The lowest BCUT2D eigenvalue weighted by atomic mass is 10.3. The number of alkyl halides is 3. The Morgan fingerprint density at radius 2 is 1.88 bits per heavy atom. The first-order valence-electron chi connectivity index (χ1n) is 4.45. The Morgan fingerprint density at radius 1 is 1.44 bits per heavy atom. The van der Waals surface area contributed by atoms with Gasteiger partial charge in [-0.2, -0.15) is 13.2 Å². The summed E-state index contributed by atoms with van der Waals surface area (Å²) in [6, 6.07) is 0.217. The van der Waals surface area contributed by atoms with Crippen molar-refractivity contribution in [3.63, 3.8) is 0 Å². The minimum Gasteiger partial charge on any atom is -0.475 e. The van der Waals surface area contributed by atoms with Crippen molar-refractivity contribution in [3.8, 4) is 0 Å². The van der Waals surface area contributed by atoms with Crippen molar-refractivity contribution in [3.05, 3.63) is 0 Å². The molecule has 0 aliphatic carbocycles. The number of halogens is 3. The molecule has 5 nitrogen and oxygen atoms in total. The molecule has 0 aromatic rings. The summed E-state index contributed by atoms with van der Waals surface area (Å²) in [7, 11) is 0. The predicted molar refractivity (Wildman–Crippen MR) is 48.5 cm³/mol. The molecular weight excluding hydrogens is 229 g/mol. The third-order valence-electron chi connectivity index (χ3n) is 1.91. The summed E-state index contributed by atoms with van der Waals surface area (Å²) in [4.78, 5) is 21.3. The monoisotopic (exact) mass is 242 g/mol. The molecule has 94 valence electrons. The average molecular weight is 242 g/mol. The first-order chi connectivity index (χ1) is 7.14. The van der Waals surface area contributed by atoms with E-state index in [1.807, 2.05) is 0 Å². The lowest BCUT2D eigenvalue weighted by molar-refractivity contribution is -0.192. The topological polar surface area (TPSA) is 83.6 Å². The van der Waals surface area contributed by atoms with Crippen LogP contribution in [0.1, 0.15) is 13.3 Å². The van der Waals surface area contributed by atoms with Crippen LogP contribution >= 0.6 is 0 Å². The van der Waals surface area contributed by atoms with Crippen molar-refractivity contribution in [2.75, 3.05) is 13.1 Å². The third kappa shape index (κ3) is 5.54. The number of nitrogens with zero attached hydrogens (tertiary/aromatic N) is 1. The SMILES string of the molecule is CC(=O)N1CC[C@H](N)C1.O=C(O)C(F)(F)F. The van der Waals surface area contributed by atoms with Crippen LogP contribution in [0, 0.1) is 0 Å². The molecule has 1 aliphatic heterocycles. The molecule has 8 heteroatoms. The number of hydrogen-bond donors (Lipinski definition) is 2. The second-order valence-corrected chi connectivity index (χ2v) is 3.32. The molecule has 1 heterocycles. The average Bonchev–Trinajstić information content (AvgIpc) is 2.51. The van der Waals surface area contributed by atoms with Gasteiger partial charge in [0.2, 0.25) is 5.91 Å². The van der Waals surface area contributed by atoms with Crippen LogP contribution in [0.3, 0.4) is 0 Å². The number of hydrogen-bond acceptors (Lipinski definition) is 3. The summed E-state index contributed by atoms with van der Waals surface area (Å²) in [5, 5.41) is 7.12.